The molecule has 1 amide bonds. The van der Waals surface area contributed by atoms with Gasteiger partial charge in [0.1, 0.15) is 17.1 Å². The van der Waals surface area contributed by atoms with Crippen molar-refractivity contribution in [3.8, 4) is 17.1 Å². The minimum Gasteiger partial charge on any atom is -0.494 e. The summed E-state index contributed by atoms with van der Waals surface area (Å²) in [6, 6.07) is 14.8. The fraction of sp³-hybridized carbons (Fsp3) is 0.424. The van der Waals surface area contributed by atoms with Crippen LogP contribution in [0.5, 0.6) is 5.75 Å². The van der Waals surface area contributed by atoms with Crippen molar-refractivity contribution in [1.29, 1.82) is 0 Å². The standard InChI is InChI=1S/C33H38N6O2/c1-4-22-7-5-6-8-26(22)32-36-27-12-24(33(40)38-19-23-9-10-28(38)30(23)34)13-29(41-3)31(27)39(32)18-21-16-37(17-21)25-11-20(2)14-35-15-25/h5-8,11-15,21,23,28,30H,4,9-10,16-19,34H2,1-3H3/t23?,28?,30-/m1/s1. The molecule has 7 rings (SSSR count). The Balaban J connectivity index is 1.27. The SMILES string of the molecule is CCc1ccccc1-c1nc2cc(C(=O)N3CC4CCC3[C@@H]4N)cc(OC)c2n1CC1CN(c2cncc(C)c2)C1. The number of hydrogen-bond acceptors (Lipinski definition) is 6. The Morgan fingerprint density at radius 2 is 1.93 bits per heavy atom. The monoisotopic (exact) mass is 550 g/mol. The van der Waals surface area contributed by atoms with Crippen molar-refractivity contribution in [2.45, 2.75) is 51.7 Å². The van der Waals surface area contributed by atoms with Gasteiger partial charge in [-0.2, -0.15) is 0 Å². The summed E-state index contributed by atoms with van der Waals surface area (Å²) in [5, 5.41) is 0. The molecule has 8 heteroatoms. The van der Waals surface area contributed by atoms with Gasteiger partial charge in [-0.1, -0.05) is 31.2 Å². The van der Waals surface area contributed by atoms with Crippen molar-refractivity contribution in [2.24, 2.45) is 17.6 Å². The molecule has 2 unspecified atom stereocenters. The molecule has 4 aromatic rings. The third-order valence-corrected chi connectivity index (χ3v) is 9.45. The molecule has 0 radical (unpaired) electrons. The summed E-state index contributed by atoms with van der Waals surface area (Å²) in [7, 11) is 1.68. The third kappa shape index (κ3) is 4.36. The number of nitrogens with two attached hydrogens (primary N) is 1. The molecule has 3 fully saturated rings. The van der Waals surface area contributed by atoms with Crippen LogP contribution in [0.3, 0.4) is 0 Å². The Bertz CT molecular complexity index is 1620. The predicted molar refractivity (Wildman–Crippen MR) is 161 cm³/mol. The average Bonchev–Trinajstić information content (AvgIpc) is 3.62. The molecular weight excluding hydrogens is 512 g/mol. The molecule has 3 aliphatic rings. The number of pyridine rings is 1. The van der Waals surface area contributed by atoms with Crippen LogP contribution in [0.25, 0.3) is 22.4 Å². The van der Waals surface area contributed by atoms with Crippen molar-refractivity contribution in [3.63, 3.8) is 0 Å². The van der Waals surface area contributed by atoms with Crippen LogP contribution >= 0.6 is 0 Å². The first kappa shape index (κ1) is 26.0. The van der Waals surface area contributed by atoms with Crippen molar-refractivity contribution in [2.75, 3.05) is 31.6 Å². The molecule has 212 valence electrons. The number of ether oxygens (including phenoxy) is 1. The first-order valence-electron chi connectivity index (χ1n) is 14.8. The molecule has 2 aromatic carbocycles. The molecule has 2 aromatic heterocycles. The molecule has 41 heavy (non-hydrogen) atoms. The Hall–Kier alpha value is -3.91. The van der Waals surface area contributed by atoms with E-state index in [9.17, 15) is 4.79 Å². The van der Waals surface area contributed by atoms with Crippen LogP contribution in [-0.2, 0) is 13.0 Å². The number of piperidine rings is 1. The van der Waals surface area contributed by atoms with E-state index >= 15 is 0 Å². The highest BCUT2D eigenvalue weighted by Gasteiger charge is 2.47. The first-order chi connectivity index (χ1) is 19.9. The van der Waals surface area contributed by atoms with E-state index in [0.29, 0.717) is 23.1 Å². The number of benzene rings is 2. The lowest BCUT2D eigenvalue weighted by molar-refractivity contribution is 0.0700. The number of aromatic nitrogens is 3. The van der Waals surface area contributed by atoms with Gasteiger partial charge in [-0.25, -0.2) is 4.98 Å². The number of fused-ring (bicyclic) bond motifs is 3. The van der Waals surface area contributed by atoms with Crippen LogP contribution in [0.15, 0.2) is 54.9 Å². The molecule has 8 nitrogen and oxygen atoms in total. The molecule has 1 saturated carbocycles. The largest absolute Gasteiger partial charge is 0.494 e. The second kappa shape index (κ2) is 10.2. The first-order valence-corrected chi connectivity index (χ1v) is 14.8. The maximum Gasteiger partial charge on any atom is 0.254 e. The van der Waals surface area contributed by atoms with Crippen molar-refractivity contribution in [3.05, 3.63) is 71.5 Å². The van der Waals surface area contributed by atoms with E-state index in [2.05, 4.69) is 58.6 Å². The molecule has 0 spiro atoms. The Morgan fingerprint density at radius 3 is 2.63 bits per heavy atom. The highest BCUT2D eigenvalue weighted by atomic mass is 16.5. The van der Waals surface area contributed by atoms with Gasteiger partial charge in [0.05, 0.1) is 24.5 Å². The number of amides is 1. The van der Waals surface area contributed by atoms with Crippen LogP contribution in [0.2, 0.25) is 0 Å². The van der Waals surface area contributed by atoms with Gasteiger partial charge in [0.25, 0.3) is 5.91 Å². The normalized spacial score (nSPS) is 22.0. The zero-order valence-corrected chi connectivity index (χ0v) is 24.1. The van der Waals surface area contributed by atoms with Gasteiger partial charge >= 0.3 is 0 Å². The fourth-order valence-corrected chi connectivity index (χ4v) is 7.25. The maximum atomic E-state index is 13.8. The highest BCUT2D eigenvalue weighted by Crippen LogP contribution is 2.40. The molecule has 2 saturated heterocycles. The van der Waals surface area contributed by atoms with Gasteiger partial charge in [0, 0.05) is 61.5 Å². The minimum absolute atomic E-state index is 0.0271. The minimum atomic E-state index is 0.0271. The van der Waals surface area contributed by atoms with Gasteiger partial charge in [0.15, 0.2) is 0 Å². The summed E-state index contributed by atoms with van der Waals surface area (Å²) in [5.41, 5.74) is 13.5. The molecule has 4 heterocycles. The van der Waals surface area contributed by atoms with Crippen LogP contribution in [0.4, 0.5) is 5.69 Å². The summed E-state index contributed by atoms with van der Waals surface area (Å²) in [6.45, 7) is 7.72. The van der Waals surface area contributed by atoms with Crippen LogP contribution < -0.4 is 15.4 Å². The number of aryl methyl sites for hydroxylation is 2. The van der Waals surface area contributed by atoms with Gasteiger partial charge in [-0.05, 0) is 61.4 Å². The van der Waals surface area contributed by atoms with E-state index < -0.39 is 0 Å². The number of hydrogen-bond donors (Lipinski definition) is 1. The zero-order chi connectivity index (χ0) is 28.2. The van der Waals surface area contributed by atoms with Crippen molar-refractivity contribution >= 4 is 22.6 Å². The average molecular weight is 551 g/mol. The van der Waals surface area contributed by atoms with E-state index in [1.54, 1.807) is 7.11 Å². The number of nitrogens with zero attached hydrogens (tertiary/aromatic N) is 5. The Labute approximate surface area is 241 Å². The third-order valence-electron chi connectivity index (χ3n) is 9.45. The summed E-state index contributed by atoms with van der Waals surface area (Å²) < 4.78 is 8.29. The lowest BCUT2D eigenvalue weighted by Gasteiger charge is -2.41. The summed E-state index contributed by atoms with van der Waals surface area (Å²) >= 11 is 0. The van der Waals surface area contributed by atoms with Crippen LogP contribution in [-0.4, -0.2) is 64.2 Å². The highest BCUT2D eigenvalue weighted by molar-refractivity contribution is 6.00. The topological polar surface area (TPSA) is 89.5 Å². The van der Waals surface area contributed by atoms with Gasteiger partial charge in [-0.15, -0.1) is 0 Å². The smallest absolute Gasteiger partial charge is 0.254 e. The molecule has 3 atom stereocenters. The number of rotatable bonds is 7. The Kier molecular flexibility index (Phi) is 6.46. The number of carbonyl (C=O) groups excluding carboxylic acids is 1. The van der Waals surface area contributed by atoms with E-state index in [-0.39, 0.29) is 18.0 Å². The predicted octanol–water partition coefficient (Wildman–Crippen LogP) is 4.68. The molecule has 2 N–H and O–H groups in total. The van der Waals surface area contributed by atoms with Gasteiger partial charge < -0.3 is 24.8 Å². The van der Waals surface area contributed by atoms with E-state index in [1.165, 1.54) is 16.8 Å². The molecular formula is C33H38N6O2. The summed E-state index contributed by atoms with van der Waals surface area (Å²) in [4.78, 5) is 27.7. The van der Waals surface area contributed by atoms with Crippen molar-refractivity contribution in [1.82, 2.24) is 19.4 Å². The summed E-state index contributed by atoms with van der Waals surface area (Å²) in [5.74, 6) is 2.50. The summed E-state index contributed by atoms with van der Waals surface area (Å²) in [6.07, 6.45) is 6.85. The number of methoxy groups -OCH3 is 1. The number of likely N-dealkylation sites (tertiary alicyclic amines) is 1. The van der Waals surface area contributed by atoms with Crippen LogP contribution in [0, 0.1) is 18.8 Å². The second-order valence-corrected chi connectivity index (χ2v) is 12.0. The quantitative estimate of drug-likeness (QED) is 0.360. The number of anilines is 1. The lowest BCUT2D eigenvalue weighted by atomic mass is 9.98. The van der Waals surface area contributed by atoms with E-state index in [4.69, 9.17) is 15.5 Å². The number of carbonyl (C=O) groups is 1. The second-order valence-electron chi connectivity index (χ2n) is 12.0. The fourth-order valence-electron chi connectivity index (χ4n) is 7.25. The Morgan fingerprint density at radius 1 is 1.10 bits per heavy atom. The van der Waals surface area contributed by atoms with Gasteiger partial charge in [0.2, 0.25) is 0 Å². The van der Waals surface area contributed by atoms with Crippen molar-refractivity contribution < 1.29 is 9.53 Å². The number of imidazole rings is 1. The van der Waals surface area contributed by atoms with Gasteiger partial charge in [-0.3, -0.25) is 9.78 Å². The van der Waals surface area contributed by atoms with E-state index in [1.807, 2.05) is 29.4 Å². The molecule has 1 aliphatic carbocycles. The molecule has 2 bridgehead atoms. The zero-order valence-electron chi connectivity index (χ0n) is 24.1. The maximum absolute atomic E-state index is 13.8. The molecule has 2 aliphatic heterocycles. The van der Waals surface area contributed by atoms with E-state index in [0.717, 1.165) is 67.9 Å². The van der Waals surface area contributed by atoms with Crippen LogP contribution in [0.1, 0.15) is 41.3 Å². The lowest BCUT2D eigenvalue weighted by Crippen LogP contribution is -2.48.